The van der Waals surface area contributed by atoms with E-state index in [0.29, 0.717) is 32.5 Å². The number of fused-ring (bicyclic) bond motifs is 1. The average Bonchev–Trinajstić information content (AvgIpc) is 3.33. The molecule has 5 N–H and O–H groups in total. The summed E-state index contributed by atoms with van der Waals surface area (Å²) in [6.45, 7) is 6.10. The number of nitrogens with two attached hydrogens (primary N) is 2. The molecule has 0 spiro atoms. The topological polar surface area (TPSA) is 145 Å². The van der Waals surface area contributed by atoms with Gasteiger partial charge in [0.2, 0.25) is 17.8 Å². The largest absolute Gasteiger partial charge is 0.368 e. The highest BCUT2D eigenvalue weighted by atomic mass is 16.2. The fraction of sp³-hybridized carbons (Fsp3) is 0.387. The number of likely N-dealkylation sites (tertiary alicyclic amines) is 1. The fourth-order valence-corrected chi connectivity index (χ4v) is 5.66. The lowest BCUT2D eigenvalue weighted by molar-refractivity contribution is -0.132. The molecule has 1 fully saturated rings. The van der Waals surface area contributed by atoms with Gasteiger partial charge in [-0.1, -0.05) is 36.4 Å². The van der Waals surface area contributed by atoms with Gasteiger partial charge in [-0.15, -0.1) is 0 Å². The number of nitrogens with zero attached hydrogens (tertiary/aromatic N) is 5. The lowest BCUT2D eigenvalue weighted by Crippen LogP contribution is -2.42. The third-order valence-corrected chi connectivity index (χ3v) is 7.75. The Bertz CT molecular complexity index is 1510. The van der Waals surface area contributed by atoms with Crippen LogP contribution in [0, 0.1) is 6.92 Å². The van der Waals surface area contributed by atoms with Gasteiger partial charge in [-0.2, -0.15) is 0 Å². The molecule has 0 radical (unpaired) electrons. The molecule has 1 aliphatic rings. The molecule has 5 rings (SSSR count). The highest BCUT2D eigenvalue weighted by Crippen LogP contribution is 2.31. The molecular formula is C31H38N8O2. The van der Waals surface area contributed by atoms with Crippen molar-refractivity contribution in [1.82, 2.24) is 29.7 Å². The minimum atomic E-state index is -0.279. The molecule has 3 heterocycles. The molecule has 1 aliphatic heterocycles. The molecule has 10 nitrogen and oxygen atoms in total. The maximum Gasteiger partial charge on any atom is 0.224 e. The van der Waals surface area contributed by atoms with Gasteiger partial charge in [0.05, 0.1) is 11.0 Å². The lowest BCUT2D eigenvalue weighted by Gasteiger charge is -2.33. The van der Waals surface area contributed by atoms with Gasteiger partial charge in [0.15, 0.2) is 0 Å². The second-order valence-corrected chi connectivity index (χ2v) is 10.9. The van der Waals surface area contributed by atoms with Crippen molar-refractivity contribution >= 4 is 28.8 Å². The van der Waals surface area contributed by atoms with Crippen molar-refractivity contribution in [2.75, 3.05) is 25.4 Å². The summed E-state index contributed by atoms with van der Waals surface area (Å²) in [5, 5.41) is 2.90. The highest BCUT2D eigenvalue weighted by Gasteiger charge is 2.29. The summed E-state index contributed by atoms with van der Waals surface area (Å²) in [5.74, 6) is 1.38. The van der Waals surface area contributed by atoms with Gasteiger partial charge >= 0.3 is 0 Å². The third-order valence-electron chi connectivity index (χ3n) is 7.75. The Morgan fingerprint density at radius 3 is 2.59 bits per heavy atom. The number of nitrogens with one attached hydrogen (secondary N) is 1. The van der Waals surface area contributed by atoms with Crippen LogP contribution in [0.4, 0.5) is 5.95 Å². The van der Waals surface area contributed by atoms with Crippen LogP contribution < -0.4 is 16.8 Å². The van der Waals surface area contributed by atoms with E-state index in [1.807, 2.05) is 35.2 Å². The SMILES string of the molecule is CC(=O)NCCn1c([C@@H]2CCCN(C(=O)C[C@H](N)Cc3ccc(-c4cnc(N)nc4)cc3)C2)nc2c(C)cccc21. The molecule has 0 bridgehead atoms. The molecule has 0 saturated carbocycles. The van der Waals surface area contributed by atoms with Crippen molar-refractivity contribution in [3.05, 3.63) is 71.8 Å². The van der Waals surface area contributed by atoms with E-state index in [1.54, 1.807) is 12.4 Å². The van der Waals surface area contributed by atoms with Gasteiger partial charge in [-0.25, -0.2) is 15.0 Å². The zero-order valence-electron chi connectivity index (χ0n) is 23.7. The summed E-state index contributed by atoms with van der Waals surface area (Å²) in [6.07, 6.45) is 6.18. The van der Waals surface area contributed by atoms with Crippen molar-refractivity contribution in [2.45, 2.75) is 58.0 Å². The molecule has 0 unspecified atom stereocenters. The number of carbonyl (C=O) groups excluding carboxylic acids is 2. The van der Waals surface area contributed by atoms with Crippen molar-refractivity contribution in [3.63, 3.8) is 0 Å². The van der Waals surface area contributed by atoms with Crippen molar-refractivity contribution in [1.29, 1.82) is 0 Å². The first-order valence-corrected chi connectivity index (χ1v) is 14.2. The average molecular weight is 555 g/mol. The Balaban J connectivity index is 1.23. The molecule has 2 aromatic heterocycles. The van der Waals surface area contributed by atoms with Crippen LogP contribution in [0.15, 0.2) is 54.9 Å². The van der Waals surface area contributed by atoms with Crippen LogP contribution in [-0.2, 0) is 22.6 Å². The van der Waals surface area contributed by atoms with E-state index < -0.39 is 0 Å². The van der Waals surface area contributed by atoms with Gasteiger partial charge in [0.25, 0.3) is 0 Å². The Hall–Kier alpha value is -4.31. The minimum Gasteiger partial charge on any atom is -0.368 e. The number of benzene rings is 2. The summed E-state index contributed by atoms with van der Waals surface area (Å²) in [7, 11) is 0. The van der Waals surface area contributed by atoms with Crippen LogP contribution in [0.2, 0.25) is 0 Å². The molecule has 10 heteroatoms. The predicted molar refractivity (Wildman–Crippen MR) is 160 cm³/mol. The summed E-state index contributed by atoms with van der Waals surface area (Å²) < 4.78 is 2.21. The first kappa shape index (κ1) is 28.2. The molecule has 2 aromatic carbocycles. The molecule has 2 amide bonds. The second-order valence-electron chi connectivity index (χ2n) is 10.9. The van der Waals surface area contributed by atoms with Gasteiger partial charge in [0.1, 0.15) is 5.82 Å². The summed E-state index contributed by atoms with van der Waals surface area (Å²) in [5.41, 5.74) is 18.2. The maximum absolute atomic E-state index is 13.3. The molecule has 2 atom stereocenters. The molecule has 0 aliphatic carbocycles. The van der Waals surface area contributed by atoms with Crippen molar-refractivity contribution in [3.8, 4) is 11.1 Å². The van der Waals surface area contributed by atoms with Gasteiger partial charge < -0.3 is 26.3 Å². The van der Waals surface area contributed by atoms with Crippen LogP contribution in [0.5, 0.6) is 0 Å². The molecule has 4 aromatic rings. The minimum absolute atomic E-state index is 0.0507. The van der Waals surface area contributed by atoms with Crippen LogP contribution in [0.1, 0.15) is 49.1 Å². The number of para-hydroxylation sites is 1. The first-order valence-electron chi connectivity index (χ1n) is 14.2. The molecule has 214 valence electrons. The lowest BCUT2D eigenvalue weighted by atomic mass is 9.95. The van der Waals surface area contributed by atoms with Crippen LogP contribution >= 0.6 is 0 Å². The Morgan fingerprint density at radius 2 is 1.85 bits per heavy atom. The predicted octanol–water partition coefficient (Wildman–Crippen LogP) is 3.19. The number of carbonyl (C=O) groups is 2. The van der Waals surface area contributed by atoms with Gasteiger partial charge in [0, 0.05) is 69.4 Å². The van der Waals surface area contributed by atoms with Crippen molar-refractivity contribution in [2.24, 2.45) is 5.73 Å². The molecule has 41 heavy (non-hydrogen) atoms. The second kappa shape index (κ2) is 12.5. The van der Waals surface area contributed by atoms with E-state index in [9.17, 15) is 9.59 Å². The Labute approximate surface area is 240 Å². The number of hydrogen-bond acceptors (Lipinski definition) is 7. The number of piperidine rings is 1. The smallest absolute Gasteiger partial charge is 0.224 e. The van der Waals surface area contributed by atoms with Crippen LogP contribution in [0.25, 0.3) is 22.2 Å². The first-order chi connectivity index (χ1) is 19.8. The van der Waals surface area contributed by atoms with E-state index in [-0.39, 0.29) is 29.7 Å². The number of anilines is 1. The third kappa shape index (κ3) is 6.71. The quantitative estimate of drug-likeness (QED) is 0.288. The highest BCUT2D eigenvalue weighted by molar-refractivity contribution is 5.80. The monoisotopic (exact) mass is 554 g/mol. The summed E-state index contributed by atoms with van der Waals surface area (Å²) in [6, 6.07) is 14.0. The van der Waals surface area contributed by atoms with Gasteiger partial charge in [-0.3, -0.25) is 9.59 Å². The fourth-order valence-electron chi connectivity index (χ4n) is 5.66. The van der Waals surface area contributed by atoms with Crippen molar-refractivity contribution < 1.29 is 9.59 Å². The number of aryl methyl sites for hydroxylation is 1. The van der Waals surface area contributed by atoms with E-state index in [1.165, 1.54) is 6.92 Å². The number of rotatable bonds is 9. The molecular weight excluding hydrogens is 516 g/mol. The summed E-state index contributed by atoms with van der Waals surface area (Å²) in [4.78, 5) is 39.9. The standard InChI is InChI=1S/C31H38N8O2/c1-20-5-3-7-27-29(20)37-30(39(27)14-12-34-21(2)40)24-6-4-13-38(19-24)28(41)16-26(32)15-22-8-10-23(11-9-22)25-17-35-31(33)36-18-25/h3,5,7-11,17-18,24,26H,4,6,12-16,19,32H2,1-2H3,(H,34,40)(H2,33,35,36)/t24-,26-/m1/s1. The Morgan fingerprint density at radius 1 is 1.10 bits per heavy atom. The number of nitrogen functional groups attached to an aromatic ring is 1. The number of imidazole rings is 1. The van der Waals surface area contributed by atoms with Crippen LogP contribution in [-0.4, -0.2) is 61.9 Å². The van der Waals surface area contributed by atoms with E-state index in [4.69, 9.17) is 16.5 Å². The number of hydrogen-bond donors (Lipinski definition) is 3. The van der Waals surface area contributed by atoms with Crippen LogP contribution in [0.3, 0.4) is 0 Å². The Kier molecular flexibility index (Phi) is 8.58. The van der Waals surface area contributed by atoms with E-state index in [0.717, 1.165) is 58.5 Å². The van der Waals surface area contributed by atoms with Gasteiger partial charge in [-0.05, 0) is 48.9 Å². The molecule has 1 saturated heterocycles. The number of aromatic nitrogens is 4. The van der Waals surface area contributed by atoms with E-state index in [2.05, 4.69) is 38.9 Å². The zero-order chi connectivity index (χ0) is 28.9. The normalized spacial score (nSPS) is 16.1. The summed E-state index contributed by atoms with van der Waals surface area (Å²) >= 11 is 0. The van der Waals surface area contributed by atoms with E-state index >= 15 is 0 Å². The maximum atomic E-state index is 13.3. The number of amides is 2. The zero-order valence-corrected chi connectivity index (χ0v) is 23.7.